The number of aromatic nitrogens is 2. The average molecular weight is 188 g/mol. The molecule has 0 radical (unpaired) electrons. The zero-order valence-electron chi connectivity index (χ0n) is 4.71. The van der Waals surface area contributed by atoms with Gasteiger partial charge in [-0.2, -0.15) is 0 Å². The molecule has 9 heavy (non-hydrogen) atoms. The van der Waals surface area contributed by atoms with Crippen molar-refractivity contribution in [3.05, 3.63) is 18.0 Å². The highest BCUT2D eigenvalue weighted by Gasteiger charge is 1.90. The fraction of sp³-hybridized carbons (Fsp3) is 0.200. The molecule has 0 unspecified atom stereocenters. The first-order valence-electron chi connectivity index (χ1n) is 2.46. The highest BCUT2D eigenvalue weighted by atomic mass is 79.9. The Hall–Kier alpha value is -0.640. The predicted molar refractivity (Wildman–Crippen MR) is 39.1 cm³/mol. The van der Waals surface area contributed by atoms with Crippen molar-refractivity contribution in [2.45, 2.75) is 5.33 Å². The van der Waals surface area contributed by atoms with E-state index in [4.69, 9.17) is 5.73 Å². The molecular formula is C5H6BrN3. The van der Waals surface area contributed by atoms with E-state index in [1.54, 1.807) is 6.20 Å². The van der Waals surface area contributed by atoms with Crippen LogP contribution in [0, 0.1) is 0 Å². The number of alkyl halides is 1. The number of anilines is 1. The van der Waals surface area contributed by atoms with Crippen molar-refractivity contribution in [2.75, 3.05) is 5.73 Å². The third-order valence-corrected chi connectivity index (χ3v) is 1.44. The van der Waals surface area contributed by atoms with Crippen LogP contribution in [0.5, 0.6) is 0 Å². The van der Waals surface area contributed by atoms with Crippen molar-refractivity contribution in [1.82, 2.24) is 9.97 Å². The van der Waals surface area contributed by atoms with Crippen molar-refractivity contribution in [1.29, 1.82) is 0 Å². The van der Waals surface area contributed by atoms with Gasteiger partial charge in [-0.25, -0.2) is 9.97 Å². The standard InChI is InChI=1S/C5H6BrN3/c6-3-4-1-2-8-5(7)9-4/h1-2H,3H2,(H2,7,8,9). The van der Waals surface area contributed by atoms with Crippen LogP contribution in [0.2, 0.25) is 0 Å². The molecule has 0 bridgehead atoms. The first-order chi connectivity index (χ1) is 4.33. The second-order valence-corrected chi connectivity index (χ2v) is 2.10. The minimum atomic E-state index is 0.326. The first kappa shape index (κ1) is 6.48. The van der Waals surface area contributed by atoms with E-state index in [9.17, 15) is 0 Å². The maximum Gasteiger partial charge on any atom is 0.220 e. The van der Waals surface area contributed by atoms with Gasteiger partial charge in [0.1, 0.15) is 0 Å². The number of nitrogen functional groups attached to an aromatic ring is 1. The van der Waals surface area contributed by atoms with Crippen LogP contribution in [0.3, 0.4) is 0 Å². The van der Waals surface area contributed by atoms with Crippen LogP contribution in [-0.4, -0.2) is 9.97 Å². The van der Waals surface area contributed by atoms with E-state index in [-0.39, 0.29) is 0 Å². The number of hydrogen-bond donors (Lipinski definition) is 1. The Morgan fingerprint density at radius 2 is 2.44 bits per heavy atom. The highest BCUT2D eigenvalue weighted by molar-refractivity contribution is 9.08. The molecule has 0 aliphatic heterocycles. The van der Waals surface area contributed by atoms with Gasteiger partial charge in [-0.3, -0.25) is 0 Å². The van der Waals surface area contributed by atoms with Crippen LogP contribution in [-0.2, 0) is 5.33 Å². The molecule has 0 aromatic carbocycles. The Bertz CT molecular complexity index is 201. The molecule has 0 aliphatic carbocycles. The molecule has 1 aromatic heterocycles. The third-order valence-electron chi connectivity index (χ3n) is 0.869. The van der Waals surface area contributed by atoms with Crippen molar-refractivity contribution in [2.24, 2.45) is 0 Å². The molecule has 0 fully saturated rings. The van der Waals surface area contributed by atoms with Crippen LogP contribution < -0.4 is 5.73 Å². The highest BCUT2D eigenvalue weighted by Crippen LogP contribution is 2.00. The molecule has 4 heteroatoms. The maximum absolute atomic E-state index is 5.29. The molecule has 2 N–H and O–H groups in total. The summed E-state index contributed by atoms with van der Waals surface area (Å²) in [5.41, 5.74) is 6.20. The zero-order chi connectivity index (χ0) is 6.69. The molecule has 0 aliphatic rings. The van der Waals surface area contributed by atoms with Crippen LogP contribution in [0.4, 0.5) is 5.95 Å². The Labute approximate surface area is 61.4 Å². The Balaban J connectivity index is 2.94. The first-order valence-corrected chi connectivity index (χ1v) is 3.58. The summed E-state index contributed by atoms with van der Waals surface area (Å²) in [5, 5.41) is 0.722. The smallest absolute Gasteiger partial charge is 0.220 e. The largest absolute Gasteiger partial charge is 0.368 e. The van der Waals surface area contributed by atoms with Crippen LogP contribution in [0.1, 0.15) is 5.69 Å². The van der Waals surface area contributed by atoms with Crippen LogP contribution >= 0.6 is 15.9 Å². The maximum atomic E-state index is 5.29. The normalized spacial score (nSPS) is 9.44. The lowest BCUT2D eigenvalue weighted by Gasteiger charge is -1.92. The van der Waals surface area contributed by atoms with Crippen molar-refractivity contribution >= 4 is 21.9 Å². The Kier molecular flexibility index (Phi) is 2.00. The number of nitrogens with zero attached hydrogens (tertiary/aromatic N) is 2. The summed E-state index contributed by atoms with van der Waals surface area (Å²) in [6, 6.07) is 1.81. The van der Waals surface area contributed by atoms with Crippen molar-refractivity contribution < 1.29 is 0 Å². The zero-order valence-corrected chi connectivity index (χ0v) is 6.30. The van der Waals surface area contributed by atoms with Gasteiger partial charge in [0, 0.05) is 11.5 Å². The van der Waals surface area contributed by atoms with E-state index in [1.807, 2.05) is 6.07 Å². The monoisotopic (exact) mass is 187 g/mol. The molecule has 3 nitrogen and oxygen atoms in total. The summed E-state index contributed by atoms with van der Waals surface area (Å²) in [6.45, 7) is 0. The van der Waals surface area contributed by atoms with Gasteiger partial charge in [-0.1, -0.05) is 15.9 Å². The molecule has 1 heterocycles. The molecule has 48 valence electrons. The molecule has 1 aromatic rings. The average Bonchev–Trinajstić information content (AvgIpc) is 1.88. The summed E-state index contributed by atoms with van der Waals surface area (Å²) in [5.74, 6) is 0.326. The SMILES string of the molecule is Nc1nccc(CBr)n1. The molecule has 0 saturated carbocycles. The van der Waals surface area contributed by atoms with Gasteiger partial charge in [0.25, 0.3) is 0 Å². The molecule has 1 rings (SSSR count). The van der Waals surface area contributed by atoms with E-state index in [2.05, 4.69) is 25.9 Å². The van der Waals surface area contributed by atoms with E-state index < -0.39 is 0 Å². The molecule has 0 spiro atoms. The van der Waals surface area contributed by atoms with E-state index in [0.29, 0.717) is 5.95 Å². The van der Waals surface area contributed by atoms with Gasteiger partial charge in [-0.15, -0.1) is 0 Å². The summed E-state index contributed by atoms with van der Waals surface area (Å²) in [6.07, 6.45) is 1.64. The van der Waals surface area contributed by atoms with E-state index in [1.165, 1.54) is 0 Å². The Morgan fingerprint density at radius 1 is 1.67 bits per heavy atom. The number of nitrogens with two attached hydrogens (primary N) is 1. The van der Waals surface area contributed by atoms with Gasteiger partial charge in [-0.05, 0) is 6.07 Å². The van der Waals surface area contributed by atoms with E-state index >= 15 is 0 Å². The number of halogens is 1. The second-order valence-electron chi connectivity index (χ2n) is 1.54. The fourth-order valence-electron chi connectivity index (χ4n) is 0.487. The van der Waals surface area contributed by atoms with Crippen molar-refractivity contribution in [3.8, 4) is 0 Å². The minimum absolute atomic E-state index is 0.326. The van der Waals surface area contributed by atoms with Crippen LogP contribution in [0.15, 0.2) is 12.3 Å². The second kappa shape index (κ2) is 2.77. The van der Waals surface area contributed by atoms with Gasteiger partial charge in [0.05, 0.1) is 5.69 Å². The molecular weight excluding hydrogens is 182 g/mol. The molecule has 0 atom stereocenters. The summed E-state index contributed by atoms with van der Waals surface area (Å²) in [7, 11) is 0. The van der Waals surface area contributed by atoms with E-state index in [0.717, 1.165) is 11.0 Å². The lowest BCUT2D eigenvalue weighted by Crippen LogP contribution is -1.95. The van der Waals surface area contributed by atoms with Gasteiger partial charge >= 0.3 is 0 Å². The lowest BCUT2D eigenvalue weighted by atomic mass is 10.5. The number of rotatable bonds is 1. The number of hydrogen-bond acceptors (Lipinski definition) is 3. The van der Waals surface area contributed by atoms with Gasteiger partial charge in [0.15, 0.2) is 0 Å². The molecule has 0 amide bonds. The lowest BCUT2D eigenvalue weighted by molar-refractivity contribution is 1.11. The van der Waals surface area contributed by atoms with Crippen molar-refractivity contribution in [3.63, 3.8) is 0 Å². The Morgan fingerprint density at radius 3 is 2.89 bits per heavy atom. The van der Waals surface area contributed by atoms with Gasteiger partial charge in [0.2, 0.25) is 5.95 Å². The minimum Gasteiger partial charge on any atom is -0.368 e. The topological polar surface area (TPSA) is 51.8 Å². The summed E-state index contributed by atoms with van der Waals surface area (Å²) in [4.78, 5) is 7.65. The molecule has 0 saturated heterocycles. The van der Waals surface area contributed by atoms with Crippen LogP contribution in [0.25, 0.3) is 0 Å². The summed E-state index contributed by atoms with van der Waals surface area (Å²) < 4.78 is 0. The van der Waals surface area contributed by atoms with Gasteiger partial charge < -0.3 is 5.73 Å². The fourth-order valence-corrected chi connectivity index (χ4v) is 0.800. The summed E-state index contributed by atoms with van der Waals surface area (Å²) >= 11 is 3.25. The predicted octanol–water partition coefficient (Wildman–Crippen LogP) is 0.954. The quantitative estimate of drug-likeness (QED) is 0.667. The third kappa shape index (κ3) is 1.64.